The van der Waals surface area contributed by atoms with Crippen LogP contribution in [-0.4, -0.2) is 65.9 Å². The van der Waals surface area contributed by atoms with Crippen molar-refractivity contribution in [2.75, 3.05) is 39.9 Å². The molecular formula is C23H34N4O2. The Morgan fingerprint density at radius 1 is 1.07 bits per heavy atom. The Kier molecular flexibility index (Phi) is 7.30. The van der Waals surface area contributed by atoms with Gasteiger partial charge in [0.15, 0.2) is 0 Å². The Morgan fingerprint density at radius 2 is 1.83 bits per heavy atom. The minimum Gasteiger partial charge on any atom is -0.379 e. The van der Waals surface area contributed by atoms with Crippen LogP contribution in [0.25, 0.3) is 11.4 Å². The third-order valence-corrected chi connectivity index (χ3v) is 6.31. The molecule has 2 aliphatic rings. The highest BCUT2D eigenvalue weighted by Gasteiger charge is 2.20. The Balaban J connectivity index is 1.26. The maximum Gasteiger partial charge on any atom is 0.241 e. The van der Waals surface area contributed by atoms with Crippen molar-refractivity contribution in [2.24, 2.45) is 0 Å². The molecule has 29 heavy (non-hydrogen) atoms. The van der Waals surface area contributed by atoms with Gasteiger partial charge in [-0.25, -0.2) is 0 Å². The van der Waals surface area contributed by atoms with Crippen LogP contribution in [0.4, 0.5) is 0 Å². The van der Waals surface area contributed by atoms with E-state index in [1.807, 2.05) is 0 Å². The number of morpholine rings is 1. The lowest BCUT2D eigenvalue weighted by atomic mass is 9.94. The van der Waals surface area contributed by atoms with Gasteiger partial charge in [-0.3, -0.25) is 9.80 Å². The Bertz CT molecular complexity index is 734. The van der Waals surface area contributed by atoms with Crippen molar-refractivity contribution in [1.29, 1.82) is 0 Å². The molecule has 0 unspecified atom stereocenters. The van der Waals surface area contributed by atoms with Gasteiger partial charge in [0.2, 0.25) is 11.7 Å². The van der Waals surface area contributed by atoms with E-state index in [2.05, 4.69) is 51.3 Å². The van der Waals surface area contributed by atoms with Crippen molar-refractivity contribution in [1.82, 2.24) is 19.9 Å². The average molecular weight is 399 g/mol. The van der Waals surface area contributed by atoms with Crippen molar-refractivity contribution >= 4 is 0 Å². The lowest BCUT2D eigenvalue weighted by molar-refractivity contribution is 0.0375. The molecule has 1 saturated carbocycles. The summed E-state index contributed by atoms with van der Waals surface area (Å²) in [6.45, 7) is 5.75. The van der Waals surface area contributed by atoms with Gasteiger partial charge in [-0.05, 0) is 44.8 Å². The third kappa shape index (κ3) is 5.87. The molecule has 2 aromatic rings. The summed E-state index contributed by atoms with van der Waals surface area (Å²) < 4.78 is 10.9. The summed E-state index contributed by atoms with van der Waals surface area (Å²) in [5.41, 5.74) is 2.39. The predicted molar refractivity (Wildman–Crippen MR) is 114 cm³/mol. The number of rotatable bonds is 8. The molecular weight excluding hydrogens is 364 g/mol. The predicted octanol–water partition coefficient (Wildman–Crippen LogP) is 3.77. The molecule has 2 fully saturated rings. The molecule has 158 valence electrons. The molecule has 1 aromatic heterocycles. The molecule has 1 aliphatic heterocycles. The van der Waals surface area contributed by atoms with E-state index >= 15 is 0 Å². The van der Waals surface area contributed by atoms with E-state index in [1.165, 1.54) is 44.1 Å². The van der Waals surface area contributed by atoms with Crippen LogP contribution >= 0.6 is 0 Å². The van der Waals surface area contributed by atoms with Crippen LogP contribution in [0.2, 0.25) is 0 Å². The minimum absolute atomic E-state index is 0.649. The van der Waals surface area contributed by atoms with Crippen LogP contribution in [0.15, 0.2) is 28.8 Å². The molecule has 1 aliphatic carbocycles. The van der Waals surface area contributed by atoms with Gasteiger partial charge in [0.05, 0.1) is 19.8 Å². The zero-order valence-corrected chi connectivity index (χ0v) is 17.7. The second kappa shape index (κ2) is 10.3. The second-order valence-corrected chi connectivity index (χ2v) is 8.47. The summed E-state index contributed by atoms with van der Waals surface area (Å²) >= 11 is 0. The van der Waals surface area contributed by atoms with Gasteiger partial charge < -0.3 is 9.26 Å². The molecule has 0 radical (unpaired) electrons. The molecule has 0 bridgehead atoms. The van der Waals surface area contributed by atoms with Crippen LogP contribution in [0.5, 0.6) is 0 Å². The molecule has 1 aromatic carbocycles. The Morgan fingerprint density at radius 3 is 2.59 bits per heavy atom. The average Bonchev–Trinajstić information content (AvgIpc) is 3.24. The van der Waals surface area contributed by atoms with E-state index in [4.69, 9.17) is 9.26 Å². The van der Waals surface area contributed by atoms with Crippen molar-refractivity contribution < 1.29 is 9.26 Å². The largest absolute Gasteiger partial charge is 0.379 e. The molecule has 0 N–H and O–H groups in total. The number of hydrogen-bond acceptors (Lipinski definition) is 6. The zero-order valence-electron chi connectivity index (χ0n) is 17.7. The number of hydrogen-bond donors (Lipinski definition) is 0. The van der Waals surface area contributed by atoms with Gasteiger partial charge >= 0.3 is 0 Å². The van der Waals surface area contributed by atoms with E-state index in [9.17, 15) is 0 Å². The SMILES string of the molecule is CN(Cc1nc(-c2ccc(CCCN3CCOCC3)cc2)no1)C1CCCCC1. The summed E-state index contributed by atoms with van der Waals surface area (Å²) in [5, 5.41) is 4.21. The Hall–Kier alpha value is -1.76. The van der Waals surface area contributed by atoms with E-state index in [0.717, 1.165) is 51.4 Å². The van der Waals surface area contributed by atoms with Gasteiger partial charge in [-0.15, -0.1) is 0 Å². The lowest BCUT2D eigenvalue weighted by Crippen LogP contribution is -2.36. The van der Waals surface area contributed by atoms with E-state index in [1.54, 1.807) is 0 Å². The van der Waals surface area contributed by atoms with Crippen molar-refractivity contribution in [2.45, 2.75) is 57.5 Å². The van der Waals surface area contributed by atoms with Crippen molar-refractivity contribution in [3.63, 3.8) is 0 Å². The fraction of sp³-hybridized carbons (Fsp3) is 0.652. The van der Waals surface area contributed by atoms with E-state index < -0.39 is 0 Å². The first-order valence-corrected chi connectivity index (χ1v) is 11.2. The van der Waals surface area contributed by atoms with E-state index in [0.29, 0.717) is 17.8 Å². The molecule has 2 heterocycles. The first kappa shape index (κ1) is 20.5. The maximum atomic E-state index is 5.52. The normalized spacial score (nSPS) is 19.1. The topological polar surface area (TPSA) is 54.6 Å². The standard InChI is InChI=1S/C23H34N4O2/c1-26(21-7-3-2-4-8-21)18-22-24-23(25-29-22)20-11-9-19(10-12-20)6-5-13-27-14-16-28-17-15-27/h9-12,21H,2-8,13-18H2,1H3. The fourth-order valence-corrected chi connectivity index (χ4v) is 4.45. The number of aryl methyl sites for hydroxylation is 1. The van der Waals surface area contributed by atoms with Gasteiger partial charge in [0.25, 0.3) is 0 Å². The highest BCUT2D eigenvalue weighted by Crippen LogP contribution is 2.23. The fourth-order valence-electron chi connectivity index (χ4n) is 4.45. The maximum absolute atomic E-state index is 5.52. The van der Waals surface area contributed by atoms with E-state index in [-0.39, 0.29) is 0 Å². The summed E-state index contributed by atoms with van der Waals surface area (Å²) in [6.07, 6.45) is 8.89. The lowest BCUT2D eigenvalue weighted by Gasteiger charge is -2.29. The smallest absolute Gasteiger partial charge is 0.241 e. The minimum atomic E-state index is 0.649. The molecule has 6 nitrogen and oxygen atoms in total. The molecule has 0 atom stereocenters. The van der Waals surface area contributed by atoms with Crippen molar-refractivity contribution in [3.05, 3.63) is 35.7 Å². The summed E-state index contributed by atoms with van der Waals surface area (Å²) in [6, 6.07) is 9.26. The van der Waals surface area contributed by atoms with Crippen LogP contribution in [0.1, 0.15) is 50.0 Å². The van der Waals surface area contributed by atoms with Gasteiger partial charge in [0.1, 0.15) is 0 Å². The van der Waals surface area contributed by atoms with Crippen LogP contribution in [0.3, 0.4) is 0 Å². The first-order valence-electron chi connectivity index (χ1n) is 11.2. The Labute approximate surface area is 174 Å². The van der Waals surface area contributed by atoms with Crippen LogP contribution < -0.4 is 0 Å². The number of nitrogens with zero attached hydrogens (tertiary/aromatic N) is 4. The molecule has 4 rings (SSSR count). The highest BCUT2D eigenvalue weighted by atomic mass is 16.5. The molecule has 0 spiro atoms. The van der Waals surface area contributed by atoms with Crippen LogP contribution in [0, 0.1) is 0 Å². The number of benzene rings is 1. The summed E-state index contributed by atoms with van der Waals surface area (Å²) in [4.78, 5) is 9.49. The van der Waals surface area contributed by atoms with Gasteiger partial charge in [-0.2, -0.15) is 4.98 Å². The van der Waals surface area contributed by atoms with Gasteiger partial charge in [0, 0.05) is 24.7 Å². The van der Waals surface area contributed by atoms with Crippen molar-refractivity contribution in [3.8, 4) is 11.4 Å². The second-order valence-electron chi connectivity index (χ2n) is 8.47. The summed E-state index contributed by atoms with van der Waals surface area (Å²) in [7, 11) is 2.17. The molecule has 1 saturated heterocycles. The quantitative estimate of drug-likeness (QED) is 0.675. The third-order valence-electron chi connectivity index (χ3n) is 6.31. The summed E-state index contributed by atoms with van der Waals surface area (Å²) in [5.74, 6) is 1.40. The van der Waals surface area contributed by atoms with Crippen LogP contribution in [-0.2, 0) is 17.7 Å². The molecule has 6 heteroatoms. The number of aromatic nitrogens is 2. The molecule has 0 amide bonds. The monoisotopic (exact) mass is 398 g/mol. The highest BCUT2D eigenvalue weighted by molar-refractivity contribution is 5.54. The number of ether oxygens (including phenoxy) is 1. The van der Waals surface area contributed by atoms with Gasteiger partial charge in [-0.1, -0.05) is 48.7 Å². The first-order chi connectivity index (χ1) is 14.3. The zero-order chi connectivity index (χ0) is 19.9.